The number of aromatic amines is 1. The molecule has 0 aliphatic heterocycles. The van der Waals surface area contributed by atoms with Crippen molar-refractivity contribution < 1.29 is 4.79 Å². The quantitative estimate of drug-likeness (QED) is 0.878. The number of nitrogens with zero attached hydrogens (tertiary/aromatic N) is 4. The highest BCUT2D eigenvalue weighted by Crippen LogP contribution is 2.08. The summed E-state index contributed by atoms with van der Waals surface area (Å²) >= 11 is 0. The van der Waals surface area contributed by atoms with Crippen LogP contribution in [-0.4, -0.2) is 44.0 Å². The molecule has 2 N–H and O–H groups in total. The number of hydrogen-bond donors (Lipinski definition) is 2. The van der Waals surface area contributed by atoms with Crippen LogP contribution in [0.15, 0.2) is 18.6 Å². The third-order valence-electron chi connectivity index (χ3n) is 3.42. The monoisotopic (exact) mass is 290 g/mol. The van der Waals surface area contributed by atoms with Crippen molar-refractivity contribution in [1.82, 2.24) is 29.7 Å². The van der Waals surface area contributed by atoms with Crippen LogP contribution in [0.3, 0.4) is 0 Å². The molecule has 2 amide bonds. The molecule has 2 rings (SSSR count). The summed E-state index contributed by atoms with van der Waals surface area (Å²) in [6.07, 6.45) is 5.43. The standard InChI is InChI=1S/C14H22N6O/c1-10-9-16-13(17-10)11(2)18-14(21)19(4)7-8-20-6-5-15-12(20)3/h5-6,9,11H,7-8H2,1-4H3,(H,16,17)(H,18,21)/t11-/m0/s1. The zero-order valence-electron chi connectivity index (χ0n) is 12.9. The van der Waals surface area contributed by atoms with Crippen molar-refractivity contribution in [3.05, 3.63) is 35.9 Å². The van der Waals surface area contributed by atoms with Gasteiger partial charge in [-0.05, 0) is 20.8 Å². The van der Waals surface area contributed by atoms with Crippen LogP contribution < -0.4 is 5.32 Å². The number of amides is 2. The van der Waals surface area contributed by atoms with Gasteiger partial charge in [-0.25, -0.2) is 14.8 Å². The molecule has 0 aromatic carbocycles. The molecular formula is C14H22N6O. The minimum absolute atomic E-state index is 0.116. The third kappa shape index (κ3) is 3.84. The van der Waals surface area contributed by atoms with E-state index in [-0.39, 0.29) is 12.1 Å². The number of aromatic nitrogens is 4. The fraction of sp³-hybridized carbons (Fsp3) is 0.500. The first-order chi connectivity index (χ1) is 9.97. The number of rotatable bonds is 5. The SMILES string of the molecule is Cc1cnc([C@H](C)NC(=O)N(C)CCn2ccnc2C)[nH]1. The number of urea groups is 1. The van der Waals surface area contributed by atoms with E-state index in [0.29, 0.717) is 6.54 Å². The van der Waals surface area contributed by atoms with Crippen molar-refractivity contribution in [1.29, 1.82) is 0 Å². The molecule has 1 atom stereocenters. The molecule has 0 radical (unpaired) electrons. The second kappa shape index (κ2) is 6.43. The van der Waals surface area contributed by atoms with Crippen molar-refractivity contribution in [2.24, 2.45) is 0 Å². The first kappa shape index (κ1) is 15.1. The maximum absolute atomic E-state index is 12.1. The Morgan fingerprint density at radius 1 is 1.48 bits per heavy atom. The van der Waals surface area contributed by atoms with E-state index < -0.39 is 0 Å². The average Bonchev–Trinajstić information content (AvgIpc) is 3.04. The van der Waals surface area contributed by atoms with Crippen molar-refractivity contribution in [2.75, 3.05) is 13.6 Å². The van der Waals surface area contributed by atoms with Gasteiger partial charge in [-0.15, -0.1) is 0 Å². The first-order valence-electron chi connectivity index (χ1n) is 6.98. The maximum atomic E-state index is 12.1. The average molecular weight is 290 g/mol. The van der Waals surface area contributed by atoms with Crippen LogP contribution in [0.5, 0.6) is 0 Å². The molecular weight excluding hydrogens is 268 g/mol. The Kier molecular flexibility index (Phi) is 4.62. The lowest BCUT2D eigenvalue weighted by Crippen LogP contribution is -2.40. The predicted molar refractivity (Wildman–Crippen MR) is 79.9 cm³/mol. The molecule has 0 aliphatic rings. The van der Waals surface area contributed by atoms with Gasteiger partial charge < -0.3 is 19.8 Å². The van der Waals surface area contributed by atoms with Gasteiger partial charge in [0, 0.05) is 44.4 Å². The summed E-state index contributed by atoms with van der Waals surface area (Å²) in [4.78, 5) is 25.3. The summed E-state index contributed by atoms with van der Waals surface area (Å²) in [6.45, 7) is 7.13. The van der Waals surface area contributed by atoms with Crippen molar-refractivity contribution in [3.8, 4) is 0 Å². The van der Waals surface area contributed by atoms with Crippen LogP contribution in [-0.2, 0) is 6.54 Å². The topological polar surface area (TPSA) is 78.8 Å². The zero-order valence-corrected chi connectivity index (χ0v) is 12.9. The van der Waals surface area contributed by atoms with Gasteiger partial charge in [0.05, 0.1) is 6.04 Å². The van der Waals surface area contributed by atoms with Gasteiger partial charge in [-0.1, -0.05) is 0 Å². The largest absolute Gasteiger partial charge is 0.344 e. The van der Waals surface area contributed by atoms with Crippen molar-refractivity contribution in [3.63, 3.8) is 0 Å². The Balaban J connectivity index is 1.83. The van der Waals surface area contributed by atoms with Crippen molar-refractivity contribution in [2.45, 2.75) is 33.4 Å². The summed E-state index contributed by atoms with van der Waals surface area (Å²) in [5.74, 6) is 1.71. The smallest absolute Gasteiger partial charge is 0.317 e. The molecule has 0 bridgehead atoms. The third-order valence-corrected chi connectivity index (χ3v) is 3.42. The zero-order chi connectivity index (χ0) is 15.4. The Bertz CT molecular complexity index is 602. The Labute approximate surface area is 124 Å². The van der Waals surface area contributed by atoms with Gasteiger partial charge in [-0.3, -0.25) is 0 Å². The number of imidazole rings is 2. The fourth-order valence-electron chi connectivity index (χ4n) is 2.02. The van der Waals surface area contributed by atoms with E-state index in [2.05, 4.69) is 20.3 Å². The molecule has 0 aliphatic carbocycles. The molecule has 0 fully saturated rings. The lowest BCUT2D eigenvalue weighted by molar-refractivity contribution is 0.203. The van der Waals surface area contributed by atoms with Crippen LogP contribution in [0.2, 0.25) is 0 Å². The number of carbonyl (C=O) groups is 1. The van der Waals surface area contributed by atoms with Crippen LogP contribution >= 0.6 is 0 Å². The number of hydrogen-bond acceptors (Lipinski definition) is 3. The van der Waals surface area contributed by atoms with E-state index in [0.717, 1.165) is 23.9 Å². The van der Waals surface area contributed by atoms with Crippen LogP contribution in [0.4, 0.5) is 4.79 Å². The minimum Gasteiger partial charge on any atom is -0.344 e. The molecule has 2 aromatic heterocycles. The van der Waals surface area contributed by atoms with Gasteiger partial charge in [0.2, 0.25) is 0 Å². The molecule has 21 heavy (non-hydrogen) atoms. The normalized spacial score (nSPS) is 12.2. The molecule has 2 aromatic rings. The van der Waals surface area contributed by atoms with Gasteiger partial charge >= 0.3 is 6.03 Å². The van der Waals surface area contributed by atoms with Crippen LogP contribution in [0.25, 0.3) is 0 Å². The highest BCUT2D eigenvalue weighted by Gasteiger charge is 2.15. The van der Waals surface area contributed by atoms with Crippen molar-refractivity contribution >= 4 is 6.03 Å². The molecule has 0 unspecified atom stereocenters. The Morgan fingerprint density at radius 3 is 2.81 bits per heavy atom. The number of H-pyrrole nitrogens is 1. The Hall–Kier alpha value is -2.31. The maximum Gasteiger partial charge on any atom is 0.317 e. The fourth-order valence-corrected chi connectivity index (χ4v) is 2.02. The number of aryl methyl sites for hydroxylation is 2. The molecule has 7 heteroatoms. The van der Waals surface area contributed by atoms with E-state index in [1.54, 1.807) is 24.3 Å². The van der Waals surface area contributed by atoms with Crippen LogP contribution in [0, 0.1) is 13.8 Å². The molecule has 114 valence electrons. The van der Waals surface area contributed by atoms with Crippen LogP contribution in [0.1, 0.15) is 30.3 Å². The van der Waals surface area contributed by atoms with E-state index in [4.69, 9.17) is 0 Å². The minimum atomic E-state index is -0.149. The highest BCUT2D eigenvalue weighted by molar-refractivity contribution is 5.74. The second-order valence-electron chi connectivity index (χ2n) is 5.21. The lowest BCUT2D eigenvalue weighted by Gasteiger charge is -2.21. The summed E-state index contributed by atoms with van der Waals surface area (Å²) in [7, 11) is 1.78. The van der Waals surface area contributed by atoms with E-state index in [1.807, 2.05) is 31.5 Å². The molecule has 0 spiro atoms. The van der Waals surface area contributed by atoms with E-state index in [1.165, 1.54) is 0 Å². The second-order valence-corrected chi connectivity index (χ2v) is 5.21. The predicted octanol–water partition coefficient (Wildman–Crippen LogP) is 1.63. The van der Waals surface area contributed by atoms with E-state index in [9.17, 15) is 4.79 Å². The lowest BCUT2D eigenvalue weighted by atomic mass is 10.3. The highest BCUT2D eigenvalue weighted by atomic mass is 16.2. The molecule has 7 nitrogen and oxygen atoms in total. The van der Waals surface area contributed by atoms with Gasteiger partial charge in [-0.2, -0.15) is 0 Å². The summed E-state index contributed by atoms with van der Waals surface area (Å²) < 4.78 is 2.02. The molecule has 0 saturated heterocycles. The van der Waals surface area contributed by atoms with Gasteiger partial charge in [0.25, 0.3) is 0 Å². The summed E-state index contributed by atoms with van der Waals surface area (Å²) in [5.41, 5.74) is 0.982. The van der Waals surface area contributed by atoms with Gasteiger partial charge in [0.1, 0.15) is 11.6 Å². The number of likely N-dealkylation sites (N-methyl/N-ethyl adjacent to an activating group) is 1. The first-order valence-corrected chi connectivity index (χ1v) is 6.98. The van der Waals surface area contributed by atoms with E-state index >= 15 is 0 Å². The number of nitrogens with one attached hydrogen (secondary N) is 2. The number of carbonyl (C=O) groups excluding carboxylic acids is 1. The van der Waals surface area contributed by atoms with Gasteiger partial charge in [0.15, 0.2) is 0 Å². The summed E-state index contributed by atoms with van der Waals surface area (Å²) in [6, 6.07) is -0.266. The Morgan fingerprint density at radius 2 is 2.24 bits per heavy atom. The molecule has 0 saturated carbocycles. The summed E-state index contributed by atoms with van der Waals surface area (Å²) in [5, 5.41) is 2.92. The molecule has 2 heterocycles.